The second-order valence-electron chi connectivity index (χ2n) is 4.34. The van der Waals surface area contributed by atoms with E-state index in [1.165, 1.54) is 0 Å². The summed E-state index contributed by atoms with van der Waals surface area (Å²) in [6.45, 7) is 3.40. The highest BCUT2D eigenvalue weighted by molar-refractivity contribution is 6.33. The molecule has 0 bridgehead atoms. The van der Waals surface area contributed by atoms with E-state index in [2.05, 4.69) is 5.32 Å². The zero-order valence-corrected chi connectivity index (χ0v) is 10.9. The van der Waals surface area contributed by atoms with Gasteiger partial charge in [0.05, 0.1) is 10.6 Å². The number of nitrogens with zero attached hydrogens (tertiary/aromatic N) is 2. The van der Waals surface area contributed by atoms with Gasteiger partial charge >= 0.3 is 6.03 Å². The van der Waals surface area contributed by atoms with Crippen molar-refractivity contribution >= 4 is 23.3 Å². The molecule has 0 radical (unpaired) electrons. The number of hydrogen-bond donors (Lipinski definition) is 1. The van der Waals surface area contributed by atoms with Crippen LogP contribution in [0, 0.1) is 18.3 Å². The van der Waals surface area contributed by atoms with Crippen molar-refractivity contribution in [3.63, 3.8) is 0 Å². The average Bonchev–Trinajstić information content (AvgIpc) is 2.89. The molecule has 1 saturated heterocycles. The van der Waals surface area contributed by atoms with Gasteiger partial charge in [-0.25, -0.2) is 4.79 Å². The fourth-order valence-corrected chi connectivity index (χ4v) is 2.23. The zero-order chi connectivity index (χ0) is 13.1. The summed E-state index contributed by atoms with van der Waals surface area (Å²) in [6.07, 6.45) is 2.11. The maximum Gasteiger partial charge on any atom is 0.321 e. The van der Waals surface area contributed by atoms with Gasteiger partial charge in [0, 0.05) is 18.8 Å². The first-order valence-corrected chi connectivity index (χ1v) is 6.26. The number of anilines is 1. The molecule has 4 nitrogen and oxygen atoms in total. The third kappa shape index (κ3) is 2.41. The monoisotopic (exact) mass is 263 g/mol. The highest BCUT2D eigenvalue weighted by Gasteiger charge is 2.19. The van der Waals surface area contributed by atoms with Gasteiger partial charge in [-0.05, 0) is 37.5 Å². The van der Waals surface area contributed by atoms with Gasteiger partial charge in [-0.1, -0.05) is 11.6 Å². The van der Waals surface area contributed by atoms with Crippen molar-refractivity contribution in [2.75, 3.05) is 18.4 Å². The van der Waals surface area contributed by atoms with Crippen LogP contribution in [0.2, 0.25) is 5.02 Å². The molecule has 0 aliphatic carbocycles. The Morgan fingerprint density at radius 1 is 1.44 bits per heavy atom. The molecule has 0 saturated carbocycles. The molecule has 1 N–H and O–H groups in total. The number of urea groups is 1. The summed E-state index contributed by atoms with van der Waals surface area (Å²) < 4.78 is 0. The van der Waals surface area contributed by atoms with Crippen LogP contribution >= 0.6 is 11.6 Å². The Hall–Kier alpha value is -1.73. The molecule has 1 heterocycles. The predicted molar refractivity (Wildman–Crippen MR) is 70.7 cm³/mol. The van der Waals surface area contributed by atoms with Crippen molar-refractivity contribution in [1.82, 2.24) is 4.90 Å². The Balaban J connectivity index is 2.17. The molecule has 0 unspecified atom stereocenters. The van der Waals surface area contributed by atoms with Crippen molar-refractivity contribution < 1.29 is 4.79 Å². The van der Waals surface area contributed by atoms with Crippen molar-refractivity contribution in [3.8, 4) is 6.07 Å². The normalized spacial score (nSPS) is 14.4. The summed E-state index contributed by atoms with van der Waals surface area (Å²) in [5.41, 5.74) is 1.81. The first kappa shape index (κ1) is 12.7. The van der Waals surface area contributed by atoms with Crippen LogP contribution in [0.3, 0.4) is 0 Å². The molecule has 1 aromatic carbocycles. The number of benzene rings is 1. The number of rotatable bonds is 1. The van der Waals surface area contributed by atoms with Crippen LogP contribution in [0.4, 0.5) is 10.5 Å². The number of nitrogens with one attached hydrogen (secondary N) is 1. The highest BCUT2D eigenvalue weighted by atomic mass is 35.5. The summed E-state index contributed by atoms with van der Waals surface area (Å²) in [4.78, 5) is 13.7. The Kier molecular flexibility index (Phi) is 3.73. The fraction of sp³-hybridized carbons (Fsp3) is 0.385. The Labute approximate surface area is 111 Å². The first-order valence-electron chi connectivity index (χ1n) is 5.88. The van der Waals surface area contributed by atoms with Crippen LogP contribution < -0.4 is 5.32 Å². The van der Waals surface area contributed by atoms with Crippen molar-refractivity contribution in [2.24, 2.45) is 0 Å². The van der Waals surface area contributed by atoms with E-state index in [9.17, 15) is 4.79 Å². The van der Waals surface area contributed by atoms with Gasteiger partial charge in [-0.2, -0.15) is 5.26 Å². The van der Waals surface area contributed by atoms with E-state index in [4.69, 9.17) is 16.9 Å². The lowest BCUT2D eigenvalue weighted by Crippen LogP contribution is -2.32. The van der Waals surface area contributed by atoms with Gasteiger partial charge in [0.15, 0.2) is 0 Å². The number of carbonyl (C=O) groups is 1. The summed E-state index contributed by atoms with van der Waals surface area (Å²) in [5.74, 6) is 0. The van der Waals surface area contributed by atoms with Crippen LogP contribution in [-0.4, -0.2) is 24.0 Å². The fourth-order valence-electron chi connectivity index (χ4n) is 2.02. The molecule has 94 valence electrons. The third-order valence-electron chi connectivity index (χ3n) is 3.14. The van der Waals surface area contributed by atoms with Crippen LogP contribution in [0.25, 0.3) is 0 Å². The molecule has 1 aliphatic rings. The summed E-state index contributed by atoms with van der Waals surface area (Å²) in [5, 5.41) is 12.1. The zero-order valence-electron chi connectivity index (χ0n) is 10.2. The van der Waals surface area contributed by atoms with Gasteiger partial charge < -0.3 is 10.2 Å². The molecular weight excluding hydrogens is 250 g/mol. The lowest BCUT2D eigenvalue weighted by molar-refractivity contribution is 0.222. The number of halogens is 1. The molecule has 5 heteroatoms. The SMILES string of the molecule is Cc1c(NC(=O)N2CCCC2)ccc(C#N)c1Cl. The van der Waals surface area contributed by atoms with E-state index in [1.54, 1.807) is 24.0 Å². The Morgan fingerprint density at radius 2 is 2.11 bits per heavy atom. The molecule has 18 heavy (non-hydrogen) atoms. The van der Waals surface area contributed by atoms with Crippen LogP contribution in [-0.2, 0) is 0 Å². The highest BCUT2D eigenvalue weighted by Crippen LogP contribution is 2.27. The second kappa shape index (κ2) is 5.28. The lowest BCUT2D eigenvalue weighted by atomic mass is 10.1. The lowest BCUT2D eigenvalue weighted by Gasteiger charge is -2.17. The quantitative estimate of drug-likeness (QED) is 0.846. The number of likely N-dealkylation sites (tertiary alicyclic amines) is 1. The average molecular weight is 264 g/mol. The van der Waals surface area contributed by atoms with Crippen LogP contribution in [0.15, 0.2) is 12.1 Å². The summed E-state index contributed by atoms with van der Waals surface area (Å²) >= 11 is 6.05. The van der Waals surface area contributed by atoms with Crippen LogP contribution in [0.5, 0.6) is 0 Å². The largest absolute Gasteiger partial charge is 0.325 e. The van der Waals surface area contributed by atoms with Gasteiger partial charge in [-0.15, -0.1) is 0 Å². The van der Waals surface area contributed by atoms with Gasteiger partial charge in [-0.3, -0.25) is 0 Å². The van der Waals surface area contributed by atoms with Crippen LogP contribution in [0.1, 0.15) is 24.0 Å². The van der Waals surface area contributed by atoms with Crippen molar-refractivity contribution in [2.45, 2.75) is 19.8 Å². The van der Waals surface area contributed by atoms with Crippen molar-refractivity contribution in [1.29, 1.82) is 5.26 Å². The van der Waals surface area contributed by atoms with E-state index in [1.807, 2.05) is 6.07 Å². The van der Waals surface area contributed by atoms with E-state index in [0.29, 0.717) is 16.3 Å². The molecular formula is C13H14ClN3O. The molecule has 1 aromatic rings. The maximum absolute atomic E-state index is 11.9. The standard InChI is InChI=1S/C13H14ClN3O/c1-9-11(5-4-10(8-15)12(9)14)16-13(18)17-6-2-3-7-17/h4-5H,2-3,6-7H2,1H3,(H,16,18). The number of nitriles is 1. The topological polar surface area (TPSA) is 56.1 Å². The minimum absolute atomic E-state index is 0.101. The Bertz CT molecular complexity index is 516. The van der Waals surface area contributed by atoms with Gasteiger partial charge in [0.2, 0.25) is 0 Å². The van der Waals surface area contributed by atoms with E-state index in [-0.39, 0.29) is 6.03 Å². The molecule has 0 atom stereocenters. The van der Waals surface area contributed by atoms with Gasteiger partial charge in [0.25, 0.3) is 0 Å². The molecule has 2 amide bonds. The van der Waals surface area contributed by atoms with E-state index < -0.39 is 0 Å². The maximum atomic E-state index is 11.9. The number of amides is 2. The van der Waals surface area contributed by atoms with Gasteiger partial charge in [0.1, 0.15) is 6.07 Å². The molecule has 0 spiro atoms. The minimum Gasteiger partial charge on any atom is -0.325 e. The summed E-state index contributed by atoms with van der Waals surface area (Å²) in [6, 6.07) is 5.25. The van der Waals surface area contributed by atoms with E-state index in [0.717, 1.165) is 31.5 Å². The third-order valence-corrected chi connectivity index (χ3v) is 3.63. The number of hydrogen-bond acceptors (Lipinski definition) is 2. The Morgan fingerprint density at radius 3 is 2.72 bits per heavy atom. The minimum atomic E-state index is -0.101. The first-order chi connectivity index (χ1) is 8.63. The van der Waals surface area contributed by atoms with Crippen molar-refractivity contribution in [3.05, 3.63) is 28.3 Å². The molecule has 0 aromatic heterocycles. The predicted octanol–water partition coefficient (Wildman–Crippen LogP) is 3.15. The smallest absolute Gasteiger partial charge is 0.321 e. The molecule has 1 fully saturated rings. The number of carbonyl (C=O) groups excluding carboxylic acids is 1. The molecule has 1 aliphatic heterocycles. The second-order valence-corrected chi connectivity index (χ2v) is 4.71. The summed E-state index contributed by atoms with van der Waals surface area (Å²) in [7, 11) is 0. The molecule has 2 rings (SSSR count). The van der Waals surface area contributed by atoms with E-state index >= 15 is 0 Å².